The molecule has 1 aliphatic rings. The van der Waals surface area contributed by atoms with Crippen molar-refractivity contribution in [2.24, 2.45) is 5.92 Å². The van der Waals surface area contributed by atoms with Gasteiger partial charge < -0.3 is 14.5 Å². The number of aromatic nitrogens is 3. The zero-order valence-electron chi connectivity index (χ0n) is 17.4. The smallest absolute Gasteiger partial charge is 0.276 e. The fraction of sp³-hybridized carbons (Fsp3) is 0.524. The first-order chi connectivity index (χ1) is 14.0. The van der Waals surface area contributed by atoms with Gasteiger partial charge in [0.2, 0.25) is 5.91 Å². The molecule has 8 heteroatoms. The molecule has 156 valence electrons. The molecule has 1 aromatic heterocycles. The molecule has 0 unspecified atom stereocenters. The summed E-state index contributed by atoms with van der Waals surface area (Å²) in [5, 5.41) is 8.14. The van der Waals surface area contributed by atoms with E-state index in [2.05, 4.69) is 10.3 Å². The summed E-state index contributed by atoms with van der Waals surface area (Å²) in [6.07, 6.45) is 3.07. The maximum absolute atomic E-state index is 12.8. The normalized spacial score (nSPS) is 14.7. The van der Waals surface area contributed by atoms with Crippen molar-refractivity contribution in [2.45, 2.75) is 33.2 Å². The second kappa shape index (κ2) is 9.54. The highest BCUT2D eigenvalue weighted by Gasteiger charge is 2.30. The van der Waals surface area contributed by atoms with Crippen molar-refractivity contribution in [1.29, 1.82) is 0 Å². The molecule has 0 N–H and O–H groups in total. The van der Waals surface area contributed by atoms with Crippen LogP contribution in [-0.4, -0.2) is 69.9 Å². The average Bonchev–Trinajstić information content (AvgIpc) is 3.23. The maximum Gasteiger partial charge on any atom is 0.276 e. The van der Waals surface area contributed by atoms with Gasteiger partial charge in [-0.2, -0.15) is 0 Å². The molecule has 0 aliphatic carbocycles. The molecule has 1 saturated heterocycles. The third-order valence-electron chi connectivity index (χ3n) is 5.47. The predicted octanol–water partition coefficient (Wildman–Crippen LogP) is 2.06. The summed E-state index contributed by atoms with van der Waals surface area (Å²) in [7, 11) is 1.63. The number of hydrogen-bond acceptors (Lipinski definition) is 5. The Balaban J connectivity index is 1.55. The summed E-state index contributed by atoms with van der Waals surface area (Å²) >= 11 is 0. The Morgan fingerprint density at radius 2 is 1.79 bits per heavy atom. The zero-order valence-corrected chi connectivity index (χ0v) is 17.4. The Morgan fingerprint density at radius 1 is 1.14 bits per heavy atom. The SMILES string of the molecule is CCN(CC)C(=O)C1CCN(C(=O)c2cn(Cc3ccc(OC)cc3)nn2)CC1. The van der Waals surface area contributed by atoms with E-state index in [9.17, 15) is 9.59 Å². The molecular weight excluding hydrogens is 370 g/mol. The van der Waals surface area contributed by atoms with E-state index in [1.807, 2.05) is 43.0 Å². The number of methoxy groups -OCH3 is 1. The number of rotatable bonds is 7. The molecule has 2 aromatic rings. The Kier molecular flexibility index (Phi) is 6.85. The lowest BCUT2D eigenvalue weighted by Crippen LogP contribution is -2.44. The van der Waals surface area contributed by atoms with Gasteiger partial charge in [-0.3, -0.25) is 9.59 Å². The number of amides is 2. The van der Waals surface area contributed by atoms with Gasteiger partial charge in [0.1, 0.15) is 5.75 Å². The number of carbonyl (C=O) groups excluding carboxylic acids is 2. The lowest BCUT2D eigenvalue weighted by molar-refractivity contribution is -0.136. The van der Waals surface area contributed by atoms with Crippen LogP contribution in [-0.2, 0) is 11.3 Å². The molecule has 0 radical (unpaired) electrons. The van der Waals surface area contributed by atoms with Crippen LogP contribution < -0.4 is 4.74 Å². The molecule has 1 fully saturated rings. The van der Waals surface area contributed by atoms with Crippen LogP contribution in [0.25, 0.3) is 0 Å². The van der Waals surface area contributed by atoms with Crippen LogP contribution >= 0.6 is 0 Å². The van der Waals surface area contributed by atoms with Gasteiger partial charge in [-0.05, 0) is 44.4 Å². The van der Waals surface area contributed by atoms with Gasteiger partial charge in [-0.15, -0.1) is 5.10 Å². The molecule has 0 spiro atoms. The zero-order chi connectivity index (χ0) is 20.8. The van der Waals surface area contributed by atoms with Crippen molar-refractivity contribution in [3.05, 3.63) is 41.7 Å². The van der Waals surface area contributed by atoms with Gasteiger partial charge in [0.25, 0.3) is 5.91 Å². The Labute approximate surface area is 171 Å². The quantitative estimate of drug-likeness (QED) is 0.712. The van der Waals surface area contributed by atoms with Crippen LogP contribution in [0.5, 0.6) is 5.75 Å². The lowest BCUT2D eigenvalue weighted by Gasteiger charge is -2.33. The third kappa shape index (κ3) is 4.93. The molecule has 3 rings (SSSR count). The summed E-state index contributed by atoms with van der Waals surface area (Å²) in [6.45, 7) is 7.12. The topological polar surface area (TPSA) is 80.6 Å². The van der Waals surface area contributed by atoms with Gasteiger partial charge in [0.05, 0.1) is 19.9 Å². The van der Waals surface area contributed by atoms with Crippen molar-refractivity contribution in [1.82, 2.24) is 24.8 Å². The Bertz CT molecular complexity index is 821. The first-order valence-corrected chi connectivity index (χ1v) is 10.2. The number of ether oxygens (including phenoxy) is 1. The Hall–Kier alpha value is -2.90. The number of piperidine rings is 1. The molecule has 2 heterocycles. The first-order valence-electron chi connectivity index (χ1n) is 10.2. The predicted molar refractivity (Wildman–Crippen MR) is 109 cm³/mol. The molecule has 29 heavy (non-hydrogen) atoms. The van der Waals surface area contributed by atoms with Gasteiger partial charge >= 0.3 is 0 Å². The van der Waals surface area contributed by atoms with E-state index in [1.165, 1.54) is 0 Å². The van der Waals surface area contributed by atoms with Crippen LogP contribution in [0.15, 0.2) is 30.5 Å². The highest BCUT2D eigenvalue weighted by Crippen LogP contribution is 2.21. The maximum atomic E-state index is 12.8. The van der Waals surface area contributed by atoms with Crippen molar-refractivity contribution in [3.8, 4) is 5.75 Å². The van der Waals surface area contributed by atoms with Gasteiger partial charge in [0, 0.05) is 32.1 Å². The van der Waals surface area contributed by atoms with E-state index < -0.39 is 0 Å². The summed E-state index contributed by atoms with van der Waals surface area (Å²) < 4.78 is 6.82. The molecule has 1 aromatic carbocycles. The number of nitrogens with zero attached hydrogens (tertiary/aromatic N) is 5. The van der Waals surface area contributed by atoms with E-state index in [0.717, 1.165) is 24.4 Å². The number of hydrogen-bond donors (Lipinski definition) is 0. The summed E-state index contributed by atoms with van der Waals surface area (Å²) in [5.41, 5.74) is 1.39. The minimum absolute atomic E-state index is 0.00436. The largest absolute Gasteiger partial charge is 0.497 e. The highest BCUT2D eigenvalue weighted by atomic mass is 16.5. The minimum atomic E-state index is -0.125. The van der Waals surface area contributed by atoms with Crippen LogP contribution in [0.2, 0.25) is 0 Å². The molecule has 2 amide bonds. The molecular formula is C21H29N5O3. The molecule has 8 nitrogen and oxygen atoms in total. The Morgan fingerprint density at radius 3 is 2.38 bits per heavy atom. The summed E-state index contributed by atoms with van der Waals surface area (Å²) in [5.74, 6) is 0.878. The second-order valence-electron chi connectivity index (χ2n) is 7.23. The second-order valence-corrected chi connectivity index (χ2v) is 7.23. The first kappa shape index (κ1) is 20.8. The fourth-order valence-corrected chi connectivity index (χ4v) is 3.68. The van der Waals surface area contributed by atoms with Gasteiger partial charge in [-0.25, -0.2) is 4.68 Å². The van der Waals surface area contributed by atoms with E-state index in [0.29, 0.717) is 38.2 Å². The summed E-state index contributed by atoms with van der Waals surface area (Å²) in [4.78, 5) is 28.9. The number of likely N-dealkylation sites (tertiary alicyclic amines) is 1. The molecule has 0 bridgehead atoms. The van der Waals surface area contributed by atoms with E-state index >= 15 is 0 Å². The summed E-state index contributed by atoms with van der Waals surface area (Å²) in [6, 6.07) is 7.70. The third-order valence-corrected chi connectivity index (χ3v) is 5.47. The molecule has 1 aliphatic heterocycles. The monoisotopic (exact) mass is 399 g/mol. The van der Waals surface area contributed by atoms with Gasteiger partial charge in [0.15, 0.2) is 5.69 Å². The lowest BCUT2D eigenvalue weighted by atomic mass is 9.95. The number of benzene rings is 1. The van der Waals surface area contributed by atoms with Crippen molar-refractivity contribution in [2.75, 3.05) is 33.3 Å². The van der Waals surface area contributed by atoms with Crippen molar-refractivity contribution >= 4 is 11.8 Å². The van der Waals surface area contributed by atoms with Crippen LogP contribution in [0.1, 0.15) is 42.7 Å². The van der Waals surface area contributed by atoms with Crippen molar-refractivity contribution in [3.63, 3.8) is 0 Å². The van der Waals surface area contributed by atoms with Crippen molar-refractivity contribution < 1.29 is 14.3 Å². The van der Waals surface area contributed by atoms with E-state index in [1.54, 1.807) is 22.9 Å². The van der Waals surface area contributed by atoms with Crippen LogP contribution in [0.3, 0.4) is 0 Å². The number of carbonyl (C=O) groups is 2. The standard InChI is InChI=1S/C21H29N5O3/c1-4-24(5-2)20(27)17-10-12-25(13-11-17)21(28)19-15-26(23-22-19)14-16-6-8-18(29-3)9-7-16/h6-9,15,17H,4-5,10-14H2,1-3H3. The molecule has 0 atom stereocenters. The highest BCUT2D eigenvalue weighted by molar-refractivity contribution is 5.92. The van der Waals surface area contributed by atoms with E-state index in [4.69, 9.17) is 4.74 Å². The van der Waals surface area contributed by atoms with Gasteiger partial charge in [-0.1, -0.05) is 17.3 Å². The fourth-order valence-electron chi connectivity index (χ4n) is 3.68. The van der Waals surface area contributed by atoms with Crippen LogP contribution in [0, 0.1) is 5.92 Å². The van der Waals surface area contributed by atoms with Crippen LogP contribution in [0.4, 0.5) is 0 Å². The van der Waals surface area contributed by atoms with E-state index in [-0.39, 0.29) is 17.7 Å². The average molecular weight is 399 g/mol. The minimum Gasteiger partial charge on any atom is -0.497 e. The molecule has 0 saturated carbocycles.